The van der Waals surface area contributed by atoms with Crippen LogP contribution >= 0.6 is 15.9 Å². The van der Waals surface area contributed by atoms with Crippen molar-refractivity contribution in [1.82, 2.24) is 4.98 Å². The first-order chi connectivity index (χ1) is 8.63. The van der Waals surface area contributed by atoms with Crippen molar-refractivity contribution < 1.29 is 8.78 Å². The van der Waals surface area contributed by atoms with E-state index in [2.05, 4.69) is 20.9 Å². The van der Waals surface area contributed by atoms with Crippen molar-refractivity contribution in [2.75, 3.05) is 0 Å². The fourth-order valence-electron chi connectivity index (χ4n) is 1.92. The van der Waals surface area contributed by atoms with Crippen LogP contribution in [-0.2, 0) is 0 Å². The number of benzene rings is 2. The maximum atomic E-state index is 13.2. The molecule has 0 spiro atoms. The number of nitrogens with one attached hydrogen (secondary N) is 1. The summed E-state index contributed by atoms with van der Waals surface area (Å²) in [6, 6.07) is 11.6. The highest BCUT2D eigenvalue weighted by Crippen LogP contribution is 2.27. The lowest BCUT2D eigenvalue weighted by molar-refractivity contribution is 0.509. The summed E-state index contributed by atoms with van der Waals surface area (Å²) >= 11 is 3.39. The number of fused-ring (bicyclic) bond motifs is 1. The predicted molar refractivity (Wildman–Crippen MR) is 71.4 cm³/mol. The molecule has 0 atom stereocenters. The van der Waals surface area contributed by atoms with Gasteiger partial charge in [0.05, 0.1) is 0 Å². The number of hydrogen-bond acceptors (Lipinski definition) is 0. The molecule has 4 heteroatoms. The number of aromatic amines is 1. The topological polar surface area (TPSA) is 15.8 Å². The number of H-pyrrole nitrogens is 1. The first-order valence-electron chi connectivity index (χ1n) is 5.37. The largest absolute Gasteiger partial charge is 0.354 e. The number of halogens is 3. The highest BCUT2D eigenvalue weighted by Gasteiger charge is 2.07. The number of hydrogen-bond donors (Lipinski definition) is 1. The van der Waals surface area contributed by atoms with E-state index in [0.29, 0.717) is 5.56 Å². The maximum absolute atomic E-state index is 13.2. The Kier molecular flexibility index (Phi) is 2.67. The lowest BCUT2D eigenvalue weighted by Gasteiger charge is -1.98. The first-order valence-corrected chi connectivity index (χ1v) is 6.16. The van der Waals surface area contributed by atoms with Gasteiger partial charge in [0.15, 0.2) is 11.6 Å². The molecule has 0 saturated carbocycles. The van der Waals surface area contributed by atoms with Gasteiger partial charge >= 0.3 is 0 Å². The zero-order valence-electron chi connectivity index (χ0n) is 9.18. The normalized spacial score (nSPS) is 11.1. The van der Waals surface area contributed by atoms with Gasteiger partial charge < -0.3 is 4.98 Å². The average Bonchev–Trinajstić information content (AvgIpc) is 2.75. The van der Waals surface area contributed by atoms with Gasteiger partial charge in [-0.3, -0.25) is 0 Å². The van der Waals surface area contributed by atoms with Crippen LogP contribution in [0.2, 0.25) is 0 Å². The molecule has 1 N–H and O–H groups in total. The molecule has 2 aromatic carbocycles. The molecule has 3 aromatic rings. The molecule has 0 fully saturated rings. The zero-order chi connectivity index (χ0) is 12.7. The van der Waals surface area contributed by atoms with Crippen molar-refractivity contribution in [3.63, 3.8) is 0 Å². The van der Waals surface area contributed by atoms with Crippen LogP contribution in [0.25, 0.3) is 22.2 Å². The molecule has 0 amide bonds. The van der Waals surface area contributed by atoms with Crippen LogP contribution in [0, 0.1) is 11.6 Å². The van der Waals surface area contributed by atoms with Gasteiger partial charge in [-0.15, -0.1) is 0 Å². The molecule has 0 aliphatic heterocycles. The van der Waals surface area contributed by atoms with Crippen LogP contribution in [0.5, 0.6) is 0 Å². The Morgan fingerprint density at radius 1 is 0.889 bits per heavy atom. The van der Waals surface area contributed by atoms with Gasteiger partial charge in [0.25, 0.3) is 0 Å². The van der Waals surface area contributed by atoms with E-state index >= 15 is 0 Å². The molecule has 1 nitrogen and oxygen atoms in total. The minimum Gasteiger partial charge on any atom is -0.354 e. The van der Waals surface area contributed by atoms with Gasteiger partial charge in [0.1, 0.15) is 0 Å². The summed E-state index contributed by atoms with van der Waals surface area (Å²) in [5.74, 6) is -1.68. The lowest BCUT2D eigenvalue weighted by Crippen LogP contribution is -1.85. The Bertz CT molecular complexity index is 734. The van der Waals surface area contributed by atoms with E-state index in [1.807, 2.05) is 24.3 Å². The summed E-state index contributed by atoms with van der Waals surface area (Å²) < 4.78 is 27.0. The standard InChI is InChI=1S/C14H8BrF2N/c15-10-3-1-9-6-13(18-14(9)7-10)8-2-4-11(16)12(17)5-8/h1-7,18H. The molecule has 1 heterocycles. The lowest BCUT2D eigenvalue weighted by atomic mass is 10.1. The fourth-order valence-corrected chi connectivity index (χ4v) is 2.28. The smallest absolute Gasteiger partial charge is 0.159 e. The van der Waals surface area contributed by atoms with Crippen molar-refractivity contribution in [2.45, 2.75) is 0 Å². The first kappa shape index (κ1) is 11.4. The Morgan fingerprint density at radius 3 is 2.50 bits per heavy atom. The van der Waals surface area contributed by atoms with E-state index in [0.717, 1.165) is 27.1 Å². The van der Waals surface area contributed by atoms with Gasteiger partial charge in [-0.2, -0.15) is 0 Å². The zero-order valence-corrected chi connectivity index (χ0v) is 10.8. The van der Waals surface area contributed by atoms with Crippen molar-refractivity contribution >= 4 is 26.8 Å². The second-order valence-electron chi connectivity index (χ2n) is 4.04. The Morgan fingerprint density at radius 2 is 1.72 bits per heavy atom. The Hall–Kier alpha value is -1.68. The summed E-state index contributed by atoms with van der Waals surface area (Å²) in [6.07, 6.45) is 0. The van der Waals surface area contributed by atoms with Gasteiger partial charge in [-0.05, 0) is 36.4 Å². The highest BCUT2D eigenvalue weighted by molar-refractivity contribution is 9.10. The number of aromatic nitrogens is 1. The molecule has 3 rings (SSSR count). The predicted octanol–water partition coefficient (Wildman–Crippen LogP) is 4.88. The van der Waals surface area contributed by atoms with Gasteiger partial charge in [-0.25, -0.2) is 8.78 Å². The van der Waals surface area contributed by atoms with Crippen LogP contribution < -0.4 is 0 Å². The molecule has 18 heavy (non-hydrogen) atoms. The highest BCUT2D eigenvalue weighted by atomic mass is 79.9. The molecule has 0 bridgehead atoms. The van der Waals surface area contributed by atoms with Crippen molar-refractivity contribution in [1.29, 1.82) is 0 Å². The van der Waals surface area contributed by atoms with Gasteiger partial charge in [0, 0.05) is 26.6 Å². The second-order valence-corrected chi connectivity index (χ2v) is 4.96. The van der Waals surface area contributed by atoms with Crippen LogP contribution in [0.1, 0.15) is 0 Å². The van der Waals surface area contributed by atoms with Gasteiger partial charge in [0.2, 0.25) is 0 Å². The van der Waals surface area contributed by atoms with Crippen molar-refractivity contribution in [3.8, 4) is 11.3 Å². The van der Waals surface area contributed by atoms with Crippen molar-refractivity contribution in [3.05, 3.63) is 58.6 Å². The third-order valence-corrected chi connectivity index (χ3v) is 3.31. The van der Waals surface area contributed by atoms with Crippen LogP contribution in [0.15, 0.2) is 46.9 Å². The molecule has 0 radical (unpaired) electrons. The molecule has 1 aromatic heterocycles. The summed E-state index contributed by atoms with van der Waals surface area (Å²) in [5.41, 5.74) is 2.34. The van der Waals surface area contributed by atoms with Crippen LogP contribution in [0.3, 0.4) is 0 Å². The Balaban J connectivity index is 2.16. The molecule has 90 valence electrons. The number of rotatable bonds is 1. The van der Waals surface area contributed by atoms with E-state index in [1.54, 1.807) is 6.07 Å². The summed E-state index contributed by atoms with van der Waals surface area (Å²) in [4.78, 5) is 3.18. The SMILES string of the molecule is Fc1ccc(-c2cc3ccc(Br)cc3[nH]2)cc1F. The van der Waals surface area contributed by atoms with E-state index in [4.69, 9.17) is 0 Å². The quantitative estimate of drug-likeness (QED) is 0.660. The molecular weight excluding hydrogens is 300 g/mol. The summed E-state index contributed by atoms with van der Waals surface area (Å²) in [6.45, 7) is 0. The summed E-state index contributed by atoms with van der Waals surface area (Å²) in [7, 11) is 0. The molecule has 0 aliphatic rings. The third-order valence-electron chi connectivity index (χ3n) is 2.82. The minimum absolute atomic E-state index is 0.626. The van der Waals surface area contributed by atoms with Gasteiger partial charge in [-0.1, -0.05) is 22.0 Å². The summed E-state index contributed by atoms with van der Waals surface area (Å²) in [5, 5.41) is 1.03. The van der Waals surface area contributed by atoms with E-state index in [-0.39, 0.29) is 0 Å². The average molecular weight is 308 g/mol. The van der Waals surface area contributed by atoms with E-state index < -0.39 is 11.6 Å². The third kappa shape index (κ3) is 1.93. The van der Waals surface area contributed by atoms with E-state index in [9.17, 15) is 8.78 Å². The monoisotopic (exact) mass is 307 g/mol. The molecule has 0 saturated heterocycles. The van der Waals surface area contributed by atoms with Crippen LogP contribution in [0.4, 0.5) is 8.78 Å². The maximum Gasteiger partial charge on any atom is 0.159 e. The second kappa shape index (κ2) is 4.21. The minimum atomic E-state index is -0.840. The van der Waals surface area contributed by atoms with E-state index in [1.165, 1.54) is 6.07 Å². The molecule has 0 aliphatic carbocycles. The molecular formula is C14H8BrF2N. The molecule has 0 unspecified atom stereocenters. The fraction of sp³-hybridized carbons (Fsp3) is 0. The van der Waals surface area contributed by atoms with Crippen LogP contribution in [-0.4, -0.2) is 4.98 Å². The Labute approximate surface area is 111 Å². The van der Waals surface area contributed by atoms with Crippen molar-refractivity contribution in [2.24, 2.45) is 0 Å².